The fourth-order valence-electron chi connectivity index (χ4n) is 2.88. The van der Waals surface area contributed by atoms with Gasteiger partial charge in [-0.25, -0.2) is 0 Å². The van der Waals surface area contributed by atoms with Crippen molar-refractivity contribution in [2.24, 2.45) is 0 Å². The number of hydrogen-bond acceptors (Lipinski definition) is 3. The summed E-state index contributed by atoms with van der Waals surface area (Å²) in [5.41, 5.74) is 2.13. The van der Waals surface area contributed by atoms with E-state index >= 15 is 0 Å². The van der Waals surface area contributed by atoms with Crippen molar-refractivity contribution >= 4 is 5.91 Å². The van der Waals surface area contributed by atoms with Crippen LogP contribution in [-0.4, -0.2) is 25.7 Å². The lowest BCUT2D eigenvalue weighted by atomic mass is 9.84. The minimum Gasteiger partial charge on any atom is -0.486 e. The molecule has 0 fully saturated rings. The van der Waals surface area contributed by atoms with Gasteiger partial charge >= 0.3 is 0 Å². The number of hydrogen-bond donors (Lipinski definition) is 1. The number of rotatable bonds is 6. The molecule has 0 aromatic heterocycles. The van der Waals surface area contributed by atoms with Crippen LogP contribution in [0.1, 0.15) is 31.4 Å². The lowest BCUT2D eigenvalue weighted by molar-refractivity contribution is -0.121. The molecule has 3 rings (SSSR count). The lowest BCUT2D eigenvalue weighted by Gasteiger charge is -2.28. The molecule has 1 aliphatic rings. The van der Waals surface area contributed by atoms with Crippen LogP contribution in [0.2, 0.25) is 0 Å². The molecular weight excluding hydrogens is 314 g/mol. The van der Waals surface area contributed by atoms with Crippen molar-refractivity contribution in [2.75, 3.05) is 19.8 Å². The number of benzene rings is 2. The van der Waals surface area contributed by atoms with Crippen LogP contribution in [0.25, 0.3) is 0 Å². The zero-order valence-electron chi connectivity index (χ0n) is 14.9. The third-order valence-corrected chi connectivity index (χ3v) is 4.53. The third-order valence-electron chi connectivity index (χ3n) is 4.53. The maximum Gasteiger partial charge on any atom is 0.220 e. The minimum absolute atomic E-state index is 0.0782. The van der Waals surface area contributed by atoms with Crippen molar-refractivity contribution in [1.29, 1.82) is 0 Å². The number of aryl methyl sites for hydroxylation is 1. The summed E-state index contributed by atoms with van der Waals surface area (Å²) in [6.07, 6.45) is 1.26. The van der Waals surface area contributed by atoms with Crippen molar-refractivity contribution in [3.63, 3.8) is 0 Å². The standard InChI is InChI=1S/C21H25NO3/c1-21(2,17-9-10-18-19(14-17)25-13-12-24-18)15-22-20(23)11-8-16-6-4-3-5-7-16/h3-7,9-10,14H,8,11-13,15H2,1-2H3,(H,22,23). The van der Waals surface area contributed by atoms with E-state index in [4.69, 9.17) is 9.47 Å². The molecule has 1 N–H and O–H groups in total. The van der Waals surface area contributed by atoms with Gasteiger partial charge in [-0.2, -0.15) is 0 Å². The van der Waals surface area contributed by atoms with Crippen molar-refractivity contribution in [3.05, 3.63) is 59.7 Å². The van der Waals surface area contributed by atoms with E-state index < -0.39 is 0 Å². The molecule has 0 bridgehead atoms. The number of ether oxygens (including phenoxy) is 2. The molecule has 0 saturated carbocycles. The Kier molecular flexibility index (Phi) is 5.27. The molecular formula is C21H25NO3. The van der Waals surface area contributed by atoms with Crippen molar-refractivity contribution in [2.45, 2.75) is 32.1 Å². The predicted octanol–water partition coefficient (Wildman–Crippen LogP) is 3.48. The van der Waals surface area contributed by atoms with E-state index in [-0.39, 0.29) is 11.3 Å². The van der Waals surface area contributed by atoms with E-state index in [1.165, 1.54) is 5.56 Å². The number of carbonyl (C=O) groups is 1. The van der Waals surface area contributed by atoms with Crippen LogP contribution in [0, 0.1) is 0 Å². The molecule has 2 aromatic carbocycles. The fourth-order valence-corrected chi connectivity index (χ4v) is 2.88. The van der Waals surface area contributed by atoms with Gasteiger partial charge in [0, 0.05) is 18.4 Å². The van der Waals surface area contributed by atoms with Crippen molar-refractivity contribution < 1.29 is 14.3 Å². The van der Waals surface area contributed by atoms with Gasteiger partial charge in [-0.05, 0) is 29.7 Å². The Morgan fingerprint density at radius 1 is 1.04 bits per heavy atom. The summed E-state index contributed by atoms with van der Waals surface area (Å²) in [4.78, 5) is 12.2. The summed E-state index contributed by atoms with van der Waals surface area (Å²) < 4.78 is 11.2. The van der Waals surface area contributed by atoms with E-state index in [1.54, 1.807) is 0 Å². The minimum atomic E-state index is -0.182. The van der Waals surface area contributed by atoms with Crippen LogP contribution in [-0.2, 0) is 16.6 Å². The Morgan fingerprint density at radius 3 is 2.52 bits per heavy atom. The molecule has 0 radical (unpaired) electrons. The maximum absolute atomic E-state index is 12.2. The molecule has 4 nitrogen and oxygen atoms in total. The van der Waals surface area contributed by atoms with Crippen LogP contribution >= 0.6 is 0 Å². The molecule has 1 amide bonds. The van der Waals surface area contributed by atoms with Gasteiger partial charge in [-0.3, -0.25) is 4.79 Å². The summed E-state index contributed by atoms with van der Waals surface area (Å²) in [6.45, 7) is 5.99. The van der Waals surface area contributed by atoms with E-state index in [0.29, 0.717) is 26.2 Å². The second-order valence-corrected chi connectivity index (χ2v) is 7.00. The van der Waals surface area contributed by atoms with E-state index in [1.807, 2.05) is 48.5 Å². The van der Waals surface area contributed by atoms with Crippen molar-refractivity contribution in [1.82, 2.24) is 5.32 Å². The maximum atomic E-state index is 12.2. The Morgan fingerprint density at radius 2 is 1.76 bits per heavy atom. The van der Waals surface area contributed by atoms with E-state index in [2.05, 4.69) is 19.2 Å². The smallest absolute Gasteiger partial charge is 0.220 e. The fraction of sp³-hybridized carbons (Fsp3) is 0.381. The number of amides is 1. The molecule has 0 unspecified atom stereocenters. The Balaban J connectivity index is 1.55. The van der Waals surface area contributed by atoms with Gasteiger partial charge in [0.05, 0.1) is 0 Å². The van der Waals surface area contributed by atoms with Gasteiger partial charge in [-0.15, -0.1) is 0 Å². The first-order chi connectivity index (χ1) is 12.0. The number of fused-ring (bicyclic) bond motifs is 1. The van der Waals surface area contributed by atoms with Crippen LogP contribution in [0.4, 0.5) is 0 Å². The molecule has 1 heterocycles. The summed E-state index contributed by atoms with van der Waals surface area (Å²) in [5.74, 6) is 1.65. The normalized spacial score (nSPS) is 13.4. The Bertz CT molecular complexity index is 725. The summed E-state index contributed by atoms with van der Waals surface area (Å²) in [6, 6.07) is 16.1. The van der Waals surface area contributed by atoms with Gasteiger partial charge in [0.1, 0.15) is 13.2 Å². The summed E-state index contributed by atoms with van der Waals surface area (Å²) in [5, 5.41) is 3.06. The van der Waals surface area contributed by atoms with Crippen LogP contribution in [0.5, 0.6) is 11.5 Å². The van der Waals surface area contributed by atoms with Gasteiger partial charge in [-0.1, -0.05) is 50.2 Å². The monoisotopic (exact) mass is 339 g/mol. The number of nitrogens with one attached hydrogen (secondary N) is 1. The Hall–Kier alpha value is -2.49. The average molecular weight is 339 g/mol. The van der Waals surface area contributed by atoms with Crippen LogP contribution in [0.3, 0.4) is 0 Å². The number of carbonyl (C=O) groups excluding carboxylic acids is 1. The highest BCUT2D eigenvalue weighted by Gasteiger charge is 2.24. The van der Waals surface area contributed by atoms with Crippen LogP contribution < -0.4 is 14.8 Å². The topological polar surface area (TPSA) is 47.6 Å². The predicted molar refractivity (Wildman–Crippen MR) is 98.2 cm³/mol. The van der Waals surface area contributed by atoms with Gasteiger partial charge in [0.25, 0.3) is 0 Å². The highest BCUT2D eigenvalue weighted by atomic mass is 16.6. The third kappa shape index (κ3) is 4.53. The lowest BCUT2D eigenvalue weighted by Crippen LogP contribution is -2.36. The van der Waals surface area contributed by atoms with Crippen LogP contribution in [0.15, 0.2) is 48.5 Å². The quantitative estimate of drug-likeness (QED) is 0.876. The van der Waals surface area contributed by atoms with E-state index in [9.17, 15) is 4.79 Å². The molecule has 4 heteroatoms. The second kappa shape index (κ2) is 7.60. The SMILES string of the molecule is CC(C)(CNC(=O)CCc1ccccc1)c1ccc2c(c1)OCCO2. The Labute approximate surface area is 149 Å². The summed E-state index contributed by atoms with van der Waals surface area (Å²) in [7, 11) is 0. The van der Waals surface area contributed by atoms with E-state index in [0.717, 1.165) is 23.5 Å². The average Bonchev–Trinajstić information content (AvgIpc) is 2.65. The molecule has 132 valence electrons. The van der Waals surface area contributed by atoms with Gasteiger partial charge in [0.2, 0.25) is 5.91 Å². The zero-order chi connectivity index (χ0) is 17.7. The molecule has 0 aliphatic carbocycles. The molecule has 25 heavy (non-hydrogen) atoms. The largest absolute Gasteiger partial charge is 0.486 e. The molecule has 0 atom stereocenters. The first kappa shape index (κ1) is 17.3. The summed E-state index contributed by atoms with van der Waals surface area (Å²) >= 11 is 0. The first-order valence-electron chi connectivity index (χ1n) is 8.75. The van der Waals surface area contributed by atoms with Crippen molar-refractivity contribution in [3.8, 4) is 11.5 Å². The zero-order valence-corrected chi connectivity index (χ0v) is 14.9. The first-order valence-corrected chi connectivity index (χ1v) is 8.75. The van der Waals surface area contributed by atoms with Gasteiger partial charge < -0.3 is 14.8 Å². The second-order valence-electron chi connectivity index (χ2n) is 7.00. The molecule has 1 aliphatic heterocycles. The molecule has 0 saturated heterocycles. The highest BCUT2D eigenvalue weighted by molar-refractivity contribution is 5.76. The molecule has 0 spiro atoms. The van der Waals surface area contributed by atoms with Gasteiger partial charge in [0.15, 0.2) is 11.5 Å². The highest BCUT2D eigenvalue weighted by Crippen LogP contribution is 2.34. The molecule has 2 aromatic rings.